The van der Waals surface area contributed by atoms with E-state index in [1.807, 2.05) is 0 Å². The van der Waals surface area contributed by atoms with E-state index in [1.165, 1.54) is 6.92 Å². The maximum absolute atomic E-state index is 12.6. The zero-order valence-electron chi connectivity index (χ0n) is 14.2. The summed E-state index contributed by atoms with van der Waals surface area (Å²) >= 11 is 3.24. The van der Waals surface area contributed by atoms with Gasteiger partial charge in [0, 0.05) is 0 Å². The van der Waals surface area contributed by atoms with Crippen LogP contribution in [0.2, 0.25) is 0 Å². The second-order valence-electron chi connectivity index (χ2n) is 7.07. The quantitative estimate of drug-likeness (QED) is 0.566. The molecule has 0 radical (unpaired) electrons. The van der Waals surface area contributed by atoms with E-state index in [0.29, 0.717) is 0 Å². The molecule has 5 nitrogen and oxygen atoms in total. The van der Waals surface area contributed by atoms with E-state index in [9.17, 15) is 14.4 Å². The lowest BCUT2D eigenvalue weighted by Crippen LogP contribution is -2.48. The standard InChI is InChI=1S/C16H24O5S2/c1-9-11(20-12(18)15(3,4)5)21-13(19)16(9,10(2)17)14-22-7-6-8-23-14/h9,11,14H,6-8H2,1-5H3/t9-,11-,16-/m1/s1. The molecule has 0 amide bonds. The molecular weight excluding hydrogens is 336 g/mol. The topological polar surface area (TPSA) is 69.7 Å². The Labute approximate surface area is 145 Å². The van der Waals surface area contributed by atoms with Gasteiger partial charge >= 0.3 is 11.9 Å². The molecule has 0 bridgehead atoms. The third kappa shape index (κ3) is 3.27. The molecule has 0 aromatic carbocycles. The Morgan fingerprint density at radius 2 is 1.83 bits per heavy atom. The summed E-state index contributed by atoms with van der Waals surface area (Å²) in [5.74, 6) is 0.123. The van der Waals surface area contributed by atoms with Crippen LogP contribution in [0.1, 0.15) is 41.0 Å². The number of carbonyl (C=O) groups is 3. The second-order valence-corrected chi connectivity index (χ2v) is 9.79. The molecule has 2 heterocycles. The summed E-state index contributed by atoms with van der Waals surface area (Å²) in [5.41, 5.74) is -1.93. The Balaban J connectivity index is 2.28. The van der Waals surface area contributed by atoms with Gasteiger partial charge in [-0.3, -0.25) is 14.4 Å². The van der Waals surface area contributed by atoms with Gasteiger partial charge in [0.2, 0.25) is 0 Å². The van der Waals surface area contributed by atoms with Gasteiger partial charge in [-0.15, -0.1) is 23.5 Å². The highest BCUT2D eigenvalue weighted by atomic mass is 32.2. The van der Waals surface area contributed by atoms with E-state index >= 15 is 0 Å². The summed E-state index contributed by atoms with van der Waals surface area (Å²) in [7, 11) is 0. The van der Waals surface area contributed by atoms with Crippen molar-refractivity contribution in [2.75, 3.05) is 11.5 Å². The largest absolute Gasteiger partial charge is 0.424 e. The zero-order chi connectivity index (χ0) is 17.4. The molecule has 0 aliphatic carbocycles. The molecule has 2 aliphatic rings. The minimum Gasteiger partial charge on any atom is -0.424 e. The lowest BCUT2D eigenvalue weighted by atomic mass is 9.76. The monoisotopic (exact) mass is 360 g/mol. The second kappa shape index (κ2) is 6.67. The Morgan fingerprint density at radius 1 is 1.26 bits per heavy atom. The number of ketones is 1. The number of thioether (sulfide) groups is 2. The molecule has 2 aliphatic heterocycles. The molecule has 2 saturated heterocycles. The first-order valence-electron chi connectivity index (χ1n) is 7.78. The summed E-state index contributed by atoms with van der Waals surface area (Å²) in [6, 6.07) is 0. The molecule has 0 aromatic rings. The van der Waals surface area contributed by atoms with Gasteiger partial charge in [0.25, 0.3) is 6.29 Å². The SMILES string of the molecule is CC(=O)[C@@]1(C2SCCCS2)C(=O)O[C@@H](OC(=O)C(C)(C)C)[C@H]1C. The normalized spacial score (nSPS) is 32.5. The summed E-state index contributed by atoms with van der Waals surface area (Å²) < 4.78 is 10.6. The molecule has 0 saturated carbocycles. The number of cyclic esters (lactones) is 1. The molecule has 2 rings (SSSR count). The number of rotatable bonds is 3. The maximum Gasteiger partial charge on any atom is 0.325 e. The fourth-order valence-electron chi connectivity index (χ4n) is 2.81. The van der Waals surface area contributed by atoms with Gasteiger partial charge in [-0.2, -0.15) is 0 Å². The summed E-state index contributed by atoms with van der Waals surface area (Å²) in [5, 5.41) is 0. The average Bonchev–Trinajstić information content (AvgIpc) is 2.71. The van der Waals surface area contributed by atoms with E-state index < -0.39 is 35.0 Å². The fraction of sp³-hybridized carbons (Fsp3) is 0.812. The van der Waals surface area contributed by atoms with Crippen molar-refractivity contribution in [3.05, 3.63) is 0 Å². The maximum atomic E-state index is 12.6. The van der Waals surface area contributed by atoms with E-state index in [0.717, 1.165) is 17.9 Å². The number of ether oxygens (including phenoxy) is 2. The van der Waals surface area contributed by atoms with Crippen LogP contribution < -0.4 is 0 Å². The average molecular weight is 360 g/mol. The van der Waals surface area contributed by atoms with Crippen LogP contribution in [0.15, 0.2) is 0 Å². The van der Waals surface area contributed by atoms with Gasteiger partial charge in [-0.05, 0) is 45.6 Å². The number of carbonyl (C=O) groups excluding carboxylic acids is 3. The minimum atomic E-state index is -1.24. The van der Waals surface area contributed by atoms with Crippen LogP contribution in [0, 0.1) is 16.7 Å². The van der Waals surface area contributed by atoms with Crippen LogP contribution in [-0.2, 0) is 23.9 Å². The summed E-state index contributed by atoms with van der Waals surface area (Å²) in [6.45, 7) is 8.41. The van der Waals surface area contributed by atoms with Crippen LogP contribution in [0.25, 0.3) is 0 Å². The summed E-state index contributed by atoms with van der Waals surface area (Å²) in [6.07, 6.45) is 0.0624. The number of hydrogen-bond donors (Lipinski definition) is 0. The van der Waals surface area contributed by atoms with Crippen molar-refractivity contribution in [3.63, 3.8) is 0 Å². The Bertz CT molecular complexity index is 507. The lowest BCUT2D eigenvalue weighted by molar-refractivity contribution is -0.188. The zero-order valence-corrected chi connectivity index (χ0v) is 15.8. The van der Waals surface area contributed by atoms with Crippen molar-refractivity contribution in [1.29, 1.82) is 0 Å². The van der Waals surface area contributed by atoms with E-state index in [4.69, 9.17) is 9.47 Å². The highest BCUT2D eigenvalue weighted by Crippen LogP contribution is 2.53. The van der Waals surface area contributed by atoms with Crippen LogP contribution in [-0.4, -0.2) is 40.1 Å². The third-order valence-corrected chi connectivity index (χ3v) is 7.52. The summed E-state index contributed by atoms with van der Waals surface area (Å²) in [4.78, 5) is 37.2. The van der Waals surface area contributed by atoms with Crippen molar-refractivity contribution in [2.24, 2.45) is 16.7 Å². The molecule has 0 spiro atoms. The molecule has 0 aromatic heterocycles. The molecule has 0 N–H and O–H groups in total. The minimum absolute atomic E-state index is 0.186. The number of Topliss-reactive ketones (excluding diaryl/α,β-unsaturated/α-hetero) is 1. The molecular formula is C16H24O5S2. The molecule has 2 fully saturated rings. The molecule has 3 atom stereocenters. The lowest BCUT2D eigenvalue weighted by Gasteiger charge is -2.36. The van der Waals surface area contributed by atoms with Gasteiger partial charge in [-0.25, -0.2) is 0 Å². The third-order valence-electron chi connectivity index (χ3n) is 4.30. The van der Waals surface area contributed by atoms with Crippen LogP contribution >= 0.6 is 23.5 Å². The van der Waals surface area contributed by atoms with Gasteiger partial charge in [0.05, 0.1) is 15.9 Å². The predicted octanol–water partition coefficient (Wildman–Crippen LogP) is 2.87. The van der Waals surface area contributed by atoms with Crippen LogP contribution in [0.5, 0.6) is 0 Å². The van der Waals surface area contributed by atoms with Crippen molar-refractivity contribution in [3.8, 4) is 0 Å². The first-order valence-corrected chi connectivity index (χ1v) is 9.88. The van der Waals surface area contributed by atoms with E-state index in [-0.39, 0.29) is 10.4 Å². The van der Waals surface area contributed by atoms with Crippen molar-refractivity contribution < 1.29 is 23.9 Å². The van der Waals surface area contributed by atoms with Crippen molar-refractivity contribution in [1.82, 2.24) is 0 Å². The number of hydrogen-bond acceptors (Lipinski definition) is 7. The fourth-order valence-corrected chi connectivity index (χ4v) is 6.48. The number of esters is 2. The van der Waals surface area contributed by atoms with Gasteiger partial charge in [0.15, 0.2) is 5.41 Å². The van der Waals surface area contributed by atoms with Crippen molar-refractivity contribution in [2.45, 2.75) is 51.9 Å². The highest BCUT2D eigenvalue weighted by molar-refractivity contribution is 8.17. The Hall–Kier alpha value is -0.690. The molecule has 7 heteroatoms. The van der Waals surface area contributed by atoms with Crippen LogP contribution in [0.4, 0.5) is 0 Å². The predicted molar refractivity (Wildman–Crippen MR) is 91.0 cm³/mol. The van der Waals surface area contributed by atoms with E-state index in [2.05, 4.69) is 0 Å². The first-order chi connectivity index (χ1) is 10.6. The Kier molecular flexibility index (Phi) is 5.41. The highest BCUT2D eigenvalue weighted by Gasteiger charge is 2.64. The molecule has 0 unspecified atom stereocenters. The first kappa shape index (κ1) is 18.6. The van der Waals surface area contributed by atoms with Gasteiger partial charge in [-0.1, -0.05) is 6.92 Å². The Morgan fingerprint density at radius 3 is 2.30 bits per heavy atom. The van der Waals surface area contributed by atoms with E-state index in [1.54, 1.807) is 51.2 Å². The smallest absolute Gasteiger partial charge is 0.325 e. The van der Waals surface area contributed by atoms with Crippen molar-refractivity contribution >= 4 is 41.2 Å². The molecule has 23 heavy (non-hydrogen) atoms. The van der Waals surface area contributed by atoms with Crippen LogP contribution in [0.3, 0.4) is 0 Å². The van der Waals surface area contributed by atoms with Gasteiger partial charge < -0.3 is 9.47 Å². The molecule has 130 valence electrons. The van der Waals surface area contributed by atoms with Gasteiger partial charge in [0.1, 0.15) is 5.78 Å².